The van der Waals surface area contributed by atoms with Crippen LogP contribution in [0.3, 0.4) is 0 Å². The third-order valence-corrected chi connectivity index (χ3v) is 3.33. The maximum atomic E-state index is 13.2. The van der Waals surface area contributed by atoms with Crippen molar-refractivity contribution in [2.24, 2.45) is 0 Å². The highest BCUT2D eigenvalue weighted by Gasteiger charge is 2.16. The van der Waals surface area contributed by atoms with Crippen LogP contribution in [0.25, 0.3) is 0 Å². The van der Waals surface area contributed by atoms with Crippen LogP contribution in [0.2, 0.25) is 5.02 Å². The first-order chi connectivity index (χ1) is 6.77. The van der Waals surface area contributed by atoms with Crippen LogP contribution in [-0.2, 0) is 0 Å². The molecule has 76 valence electrons. The van der Waals surface area contributed by atoms with E-state index in [0.717, 1.165) is 5.56 Å². The summed E-state index contributed by atoms with van der Waals surface area (Å²) in [5, 5.41) is 0.226. The quantitative estimate of drug-likeness (QED) is 0.642. The molecule has 2 heteroatoms. The van der Waals surface area contributed by atoms with Crippen molar-refractivity contribution >= 4 is 11.6 Å². The second-order valence-corrected chi connectivity index (χ2v) is 4.42. The Morgan fingerprint density at radius 1 is 1.14 bits per heavy atom. The monoisotopic (exact) mass is 212 g/mol. The molecule has 0 heterocycles. The molecule has 0 amide bonds. The van der Waals surface area contributed by atoms with Gasteiger partial charge in [0, 0.05) is 0 Å². The lowest BCUT2D eigenvalue weighted by molar-refractivity contribution is 0.442. The van der Waals surface area contributed by atoms with Crippen molar-refractivity contribution in [2.75, 3.05) is 0 Å². The minimum absolute atomic E-state index is 0.226. The lowest BCUT2D eigenvalue weighted by Crippen LogP contribution is -2.04. The highest BCUT2D eigenvalue weighted by molar-refractivity contribution is 6.30. The smallest absolute Gasteiger partial charge is 0.142 e. The van der Waals surface area contributed by atoms with Crippen LogP contribution in [-0.4, -0.2) is 0 Å². The van der Waals surface area contributed by atoms with Gasteiger partial charge >= 0.3 is 0 Å². The van der Waals surface area contributed by atoms with Gasteiger partial charge < -0.3 is 0 Å². The number of hydrogen-bond donors (Lipinski definition) is 0. The molecule has 0 aliphatic heterocycles. The maximum absolute atomic E-state index is 13.2. The summed E-state index contributed by atoms with van der Waals surface area (Å²) in [4.78, 5) is 0. The van der Waals surface area contributed by atoms with E-state index >= 15 is 0 Å². The van der Waals surface area contributed by atoms with Crippen molar-refractivity contribution in [3.63, 3.8) is 0 Å². The van der Waals surface area contributed by atoms with Gasteiger partial charge in [0.15, 0.2) is 0 Å². The van der Waals surface area contributed by atoms with Crippen molar-refractivity contribution in [1.29, 1.82) is 0 Å². The van der Waals surface area contributed by atoms with E-state index in [4.69, 9.17) is 11.6 Å². The molecule has 0 radical (unpaired) electrons. The summed E-state index contributed by atoms with van der Waals surface area (Å²) in [5.41, 5.74) is 1.12. The van der Waals surface area contributed by atoms with E-state index in [2.05, 4.69) is 0 Å². The van der Waals surface area contributed by atoms with Crippen LogP contribution < -0.4 is 0 Å². The second-order valence-electron chi connectivity index (χ2n) is 4.01. The first-order valence-corrected chi connectivity index (χ1v) is 5.60. The molecule has 0 spiro atoms. The molecule has 1 saturated carbocycles. The summed E-state index contributed by atoms with van der Waals surface area (Å²) in [5.74, 6) is 0.269. The SMILES string of the molecule is Fc1cc(C2CCCCC2)ccc1Cl. The van der Waals surface area contributed by atoms with Gasteiger partial charge in [-0.25, -0.2) is 4.39 Å². The summed E-state index contributed by atoms with van der Waals surface area (Å²) in [6.45, 7) is 0. The number of halogens is 2. The Morgan fingerprint density at radius 3 is 2.50 bits per heavy atom. The van der Waals surface area contributed by atoms with Gasteiger partial charge in [-0.1, -0.05) is 36.9 Å². The zero-order valence-corrected chi connectivity index (χ0v) is 8.86. The van der Waals surface area contributed by atoms with Gasteiger partial charge in [0.1, 0.15) is 5.82 Å². The molecule has 1 aliphatic carbocycles. The van der Waals surface area contributed by atoms with Gasteiger partial charge in [-0.2, -0.15) is 0 Å². The first kappa shape index (κ1) is 9.97. The molecule has 0 atom stereocenters. The molecule has 1 aromatic rings. The van der Waals surface area contributed by atoms with Crippen LogP contribution in [0.15, 0.2) is 18.2 Å². The molecule has 0 bridgehead atoms. The summed E-state index contributed by atoms with van der Waals surface area (Å²) in [7, 11) is 0. The van der Waals surface area contributed by atoms with Crippen LogP contribution in [0.5, 0.6) is 0 Å². The van der Waals surface area contributed by atoms with Crippen LogP contribution in [0, 0.1) is 5.82 Å². The van der Waals surface area contributed by atoms with Crippen LogP contribution in [0.4, 0.5) is 4.39 Å². The third kappa shape index (κ3) is 2.09. The maximum Gasteiger partial charge on any atom is 0.142 e. The number of benzene rings is 1. The molecular weight excluding hydrogens is 199 g/mol. The summed E-state index contributed by atoms with van der Waals surface area (Å²) < 4.78 is 13.2. The van der Waals surface area contributed by atoms with E-state index in [9.17, 15) is 4.39 Å². The van der Waals surface area contributed by atoms with Crippen molar-refractivity contribution < 1.29 is 4.39 Å². The molecule has 1 aliphatic rings. The van der Waals surface area contributed by atoms with Gasteiger partial charge in [0.2, 0.25) is 0 Å². The Kier molecular flexibility index (Phi) is 3.07. The van der Waals surface area contributed by atoms with E-state index < -0.39 is 0 Å². The predicted molar refractivity (Wildman–Crippen MR) is 57.2 cm³/mol. The highest BCUT2D eigenvalue weighted by atomic mass is 35.5. The Hall–Kier alpha value is -0.560. The predicted octanol–water partition coefficient (Wildman–Crippen LogP) is 4.53. The molecule has 1 fully saturated rings. The topological polar surface area (TPSA) is 0 Å². The van der Waals surface area contributed by atoms with Gasteiger partial charge in [-0.3, -0.25) is 0 Å². The van der Waals surface area contributed by atoms with Crippen molar-refractivity contribution in [3.05, 3.63) is 34.6 Å². The van der Waals surface area contributed by atoms with E-state index in [1.54, 1.807) is 12.1 Å². The molecule has 0 unspecified atom stereocenters. The van der Waals surface area contributed by atoms with Crippen molar-refractivity contribution in [2.45, 2.75) is 38.0 Å². The molecule has 1 aromatic carbocycles. The molecule has 0 aromatic heterocycles. The first-order valence-electron chi connectivity index (χ1n) is 5.22. The Balaban J connectivity index is 2.18. The largest absolute Gasteiger partial charge is 0.205 e. The summed E-state index contributed by atoms with van der Waals surface area (Å²) >= 11 is 5.64. The Labute approximate surface area is 89.1 Å². The van der Waals surface area contributed by atoms with Crippen LogP contribution in [0.1, 0.15) is 43.6 Å². The van der Waals surface area contributed by atoms with E-state index in [1.165, 1.54) is 32.1 Å². The normalized spacial score (nSPS) is 18.4. The molecule has 14 heavy (non-hydrogen) atoms. The van der Waals surface area contributed by atoms with E-state index in [1.807, 2.05) is 6.07 Å². The lowest BCUT2D eigenvalue weighted by atomic mass is 9.84. The highest BCUT2D eigenvalue weighted by Crippen LogP contribution is 2.33. The molecule has 0 N–H and O–H groups in total. The van der Waals surface area contributed by atoms with Gasteiger partial charge in [0.25, 0.3) is 0 Å². The summed E-state index contributed by atoms with van der Waals surface area (Å²) in [6, 6.07) is 5.22. The second kappa shape index (κ2) is 4.31. The molecule has 2 rings (SSSR count). The zero-order valence-electron chi connectivity index (χ0n) is 8.10. The number of hydrogen-bond acceptors (Lipinski definition) is 0. The molecule has 0 saturated heterocycles. The van der Waals surface area contributed by atoms with E-state index in [-0.39, 0.29) is 10.8 Å². The Bertz CT molecular complexity index is 316. The van der Waals surface area contributed by atoms with Crippen molar-refractivity contribution in [1.82, 2.24) is 0 Å². The van der Waals surface area contributed by atoms with Gasteiger partial charge in [0.05, 0.1) is 5.02 Å². The average molecular weight is 213 g/mol. The van der Waals surface area contributed by atoms with Gasteiger partial charge in [-0.15, -0.1) is 0 Å². The summed E-state index contributed by atoms with van der Waals surface area (Å²) in [6.07, 6.45) is 6.26. The minimum atomic E-state index is -0.283. The standard InChI is InChI=1S/C12H14ClF/c13-11-7-6-10(8-12(11)14)9-4-2-1-3-5-9/h6-9H,1-5H2. The number of rotatable bonds is 1. The van der Waals surface area contributed by atoms with Gasteiger partial charge in [-0.05, 0) is 36.5 Å². The Morgan fingerprint density at radius 2 is 1.86 bits per heavy atom. The fraction of sp³-hybridized carbons (Fsp3) is 0.500. The lowest BCUT2D eigenvalue weighted by Gasteiger charge is -2.21. The zero-order chi connectivity index (χ0) is 9.97. The van der Waals surface area contributed by atoms with E-state index in [0.29, 0.717) is 5.92 Å². The third-order valence-electron chi connectivity index (χ3n) is 3.02. The van der Waals surface area contributed by atoms with Crippen LogP contribution >= 0.6 is 11.6 Å². The van der Waals surface area contributed by atoms with Crippen molar-refractivity contribution in [3.8, 4) is 0 Å². The minimum Gasteiger partial charge on any atom is -0.205 e. The average Bonchev–Trinajstić information content (AvgIpc) is 2.23. The molecular formula is C12H14ClF. The fourth-order valence-corrected chi connectivity index (χ4v) is 2.32. The molecule has 0 nitrogen and oxygen atoms in total. The fourth-order valence-electron chi connectivity index (χ4n) is 2.20.